The first-order chi connectivity index (χ1) is 12.7. The number of nitrogens with zero attached hydrogens (tertiary/aromatic N) is 2. The minimum absolute atomic E-state index is 0.0677. The van der Waals surface area contributed by atoms with Gasteiger partial charge in [-0.1, -0.05) is 50.4 Å². The highest BCUT2D eigenvalue weighted by atomic mass is 79.9. The highest BCUT2D eigenvalue weighted by molar-refractivity contribution is 9.08. The summed E-state index contributed by atoms with van der Waals surface area (Å²) in [7, 11) is 0. The molecule has 3 nitrogen and oxygen atoms in total. The van der Waals surface area contributed by atoms with E-state index in [2.05, 4.69) is 21.1 Å². The average molecular weight is 478 g/mol. The van der Waals surface area contributed by atoms with E-state index in [1.807, 2.05) is 6.07 Å². The van der Waals surface area contributed by atoms with E-state index in [-0.39, 0.29) is 21.3 Å². The molecular formula is C18H10BrCl2F3N2O. The molecule has 1 unspecified atom stereocenters. The lowest BCUT2D eigenvalue weighted by molar-refractivity contribution is -0.275. The zero-order valence-corrected chi connectivity index (χ0v) is 16.5. The molecular weight excluding hydrogens is 468 g/mol. The van der Waals surface area contributed by atoms with Gasteiger partial charge in [-0.2, -0.15) is 18.4 Å². The number of benzene rings is 2. The van der Waals surface area contributed by atoms with Crippen molar-refractivity contribution in [1.82, 2.24) is 0 Å². The number of halogens is 6. The van der Waals surface area contributed by atoms with E-state index < -0.39 is 18.2 Å². The molecule has 3 rings (SSSR count). The molecule has 2 aromatic rings. The zero-order valence-electron chi connectivity index (χ0n) is 13.4. The summed E-state index contributed by atoms with van der Waals surface area (Å²) >= 11 is 15.0. The van der Waals surface area contributed by atoms with E-state index in [9.17, 15) is 13.2 Å². The van der Waals surface area contributed by atoms with Crippen molar-refractivity contribution in [3.8, 4) is 6.07 Å². The molecule has 1 aliphatic rings. The predicted octanol–water partition coefficient (Wildman–Crippen LogP) is 6.34. The first-order valence-corrected chi connectivity index (χ1v) is 9.45. The summed E-state index contributed by atoms with van der Waals surface area (Å²) in [5, 5.41) is 13.3. The molecule has 0 bridgehead atoms. The van der Waals surface area contributed by atoms with Gasteiger partial charge in [0.05, 0.1) is 17.3 Å². The fraction of sp³-hybridized carbons (Fsp3) is 0.222. The van der Waals surface area contributed by atoms with E-state index in [0.717, 1.165) is 0 Å². The minimum Gasteiger partial charge on any atom is -0.374 e. The Labute approximate surface area is 171 Å². The van der Waals surface area contributed by atoms with Crippen LogP contribution in [0.3, 0.4) is 0 Å². The molecule has 0 radical (unpaired) electrons. The summed E-state index contributed by atoms with van der Waals surface area (Å²) in [5.41, 5.74) is -1.26. The third-order valence-corrected chi connectivity index (χ3v) is 5.26. The molecule has 0 saturated heterocycles. The average Bonchev–Trinajstić information content (AvgIpc) is 3.07. The Hall–Kier alpha value is -1.75. The first kappa shape index (κ1) is 20.0. The molecule has 0 aliphatic carbocycles. The van der Waals surface area contributed by atoms with Crippen LogP contribution in [0.5, 0.6) is 0 Å². The van der Waals surface area contributed by atoms with Crippen molar-refractivity contribution in [3.05, 3.63) is 68.7 Å². The number of hydrogen-bond donors (Lipinski definition) is 0. The lowest BCUT2D eigenvalue weighted by atomic mass is 9.86. The van der Waals surface area contributed by atoms with Crippen molar-refractivity contribution in [3.63, 3.8) is 0 Å². The van der Waals surface area contributed by atoms with E-state index in [1.54, 1.807) is 12.1 Å². The fourth-order valence-electron chi connectivity index (χ4n) is 2.84. The minimum atomic E-state index is -4.75. The van der Waals surface area contributed by atoms with E-state index in [0.29, 0.717) is 22.0 Å². The zero-order chi connectivity index (χ0) is 19.8. The largest absolute Gasteiger partial charge is 0.435 e. The third kappa shape index (κ3) is 3.66. The molecule has 0 fully saturated rings. The molecule has 0 amide bonds. The van der Waals surface area contributed by atoms with Crippen LogP contribution in [-0.2, 0) is 15.8 Å². The normalized spacial score (nSPS) is 19.4. The van der Waals surface area contributed by atoms with E-state index >= 15 is 0 Å². The summed E-state index contributed by atoms with van der Waals surface area (Å²) in [5.74, 6) is 0. The smallest absolute Gasteiger partial charge is 0.374 e. The standard InChI is InChI=1S/C18H10BrCl2F3N2O/c19-8-12-3-10(1-2-11(12)9-25)16-7-17(27-26-16,18(22,23)24)13-4-14(20)6-15(21)5-13/h1-6H,7-8H2. The Morgan fingerprint density at radius 2 is 1.85 bits per heavy atom. The Bertz CT molecular complexity index is 952. The Kier molecular flexibility index (Phi) is 5.44. The van der Waals surface area contributed by atoms with Gasteiger partial charge < -0.3 is 4.84 Å². The lowest BCUT2D eigenvalue weighted by Gasteiger charge is -2.29. The second-order valence-corrected chi connectivity index (χ2v) is 7.34. The Balaban J connectivity index is 2.04. The van der Waals surface area contributed by atoms with Crippen LogP contribution in [0, 0.1) is 11.3 Å². The summed E-state index contributed by atoms with van der Waals surface area (Å²) in [6, 6.07) is 10.4. The van der Waals surface area contributed by atoms with E-state index in [1.165, 1.54) is 24.3 Å². The van der Waals surface area contributed by atoms with Crippen molar-refractivity contribution in [2.75, 3.05) is 0 Å². The number of oxime groups is 1. The number of rotatable bonds is 3. The number of nitriles is 1. The molecule has 27 heavy (non-hydrogen) atoms. The van der Waals surface area contributed by atoms with Gasteiger partial charge in [-0.15, -0.1) is 0 Å². The fourth-order valence-corrected chi connectivity index (χ4v) is 3.83. The van der Waals surface area contributed by atoms with Crippen LogP contribution < -0.4 is 0 Å². The molecule has 9 heteroatoms. The molecule has 2 aromatic carbocycles. The van der Waals surface area contributed by atoms with Gasteiger partial charge >= 0.3 is 6.18 Å². The summed E-state index contributed by atoms with van der Waals surface area (Å²) in [4.78, 5) is 4.97. The second-order valence-electron chi connectivity index (χ2n) is 5.91. The van der Waals surface area contributed by atoms with Crippen molar-refractivity contribution >= 4 is 44.8 Å². The predicted molar refractivity (Wildman–Crippen MR) is 100 cm³/mol. The molecule has 0 saturated carbocycles. The molecule has 140 valence electrons. The SMILES string of the molecule is N#Cc1ccc(C2=NOC(c3cc(Cl)cc(Cl)c3)(C(F)(F)F)C2)cc1CBr. The quantitative estimate of drug-likeness (QED) is 0.484. The van der Waals surface area contributed by atoms with Gasteiger partial charge in [0.25, 0.3) is 5.60 Å². The molecule has 1 aliphatic heterocycles. The van der Waals surface area contributed by atoms with Gasteiger partial charge in [0.15, 0.2) is 0 Å². The maximum Gasteiger partial charge on any atom is 0.435 e. The first-order valence-electron chi connectivity index (χ1n) is 7.58. The van der Waals surface area contributed by atoms with Gasteiger partial charge in [0.1, 0.15) is 0 Å². The third-order valence-electron chi connectivity index (χ3n) is 4.22. The Morgan fingerprint density at radius 3 is 2.41 bits per heavy atom. The molecule has 0 aromatic heterocycles. The lowest BCUT2D eigenvalue weighted by Crippen LogP contribution is -2.42. The molecule has 0 N–H and O–H groups in total. The van der Waals surface area contributed by atoms with Crippen molar-refractivity contribution in [2.24, 2.45) is 5.16 Å². The monoisotopic (exact) mass is 476 g/mol. The van der Waals surface area contributed by atoms with Gasteiger partial charge in [0.2, 0.25) is 0 Å². The molecule has 0 spiro atoms. The highest BCUT2D eigenvalue weighted by Gasteiger charge is 2.62. The molecule has 1 heterocycles. The second kappa shape index (κ2) is 7.34. The molecule has 1 atom stereocenters. The van der Waals surface area contributed by atoms with Crippen LogP contribution in [0.1, 0.15) is 28.7 Å². The van der Waals surface area contributed by atoms with Crippen LogP contribution in [0.4, 0.5) is 13.2 Å². The maximum absolute atomic E-state index is 14.0. The number of alkyl halides is 4. The van der Waals surface area contributed by atoms with E-state index in [4.69, 9.17) is 33.3 Å². The van der Waals surface area contributed by atoms with Gasteiger partial charge in [-0.3, -0.25) is 0 Å². The van der Waals surface area contributed by atoms with Gasteiger partial charge in [0, 0.05) is 27.4 Å². The summed E-state index contributed by atoms with van der Waals surface area (Å²) in [6.07, 6.45) is -5.29. The maximum atomic E-state index is 14.0. The van der Waals surface area contributed by atoms with Crippen LogP contribution in [0.15, 0.2) is 41.6 Å². The Morgan fingerprint density at radius 1 is 1.19 bits per heavy atom. The van der Waals surface area contributed by atoms with Crippen molar-refractivity contribution < 1.29 is 18.0 Å². The van der Waals surface area contributed by atoms with Crippen molar-refractivity contribution in [1.29, 1.82) is 5.26 Å². The number of hydrogen-bond acceptors (Lipinski definition) is 3. The van der Waals surface area contributed by atoms with Crippen molar-refractivity contribution in [2.45, 2.75) is 23.5 Å². The van der Waals surface area contributed by atoms with Gasteiger partial charge in [-0.05, 0) is 41.5 Å². The van der Waals surface area contributed by atoms with Crippen LogP contribution in [0.2, 0.25) is 10.0 Å². The van der Waals surface area contributed by atoms with Gasteiger partial charge in [-0.25, -0.2) is 0 Å². The van der Waals surface area contributed by atoms with Crippen LogP contribution >= 0.6 is 39.1 Å². The van der Waals surface area contributed by atoms with Crippen LogP contribution in [-0.4, -0.2) is 11.9 Å². The van der Waals surface area contributed by atoms with Crippen LogP contribution in [0.25, 0.3) is 0 Å². The highest BCUT2D eigenvalue weighted by Crippen LogP contribution is 2.49. The summed E-state index contributed by atoms with van der Waals surface area (Å²) < 4.78 is 41.9. The summed E-state index contributed by atoms with van der Waals surface area (Å²) in [6.45, 7) is 0. The topological polar surface area (TPSA) is 45.4 Å².